The number of nitrogens with zero attached hydrogens (tertiary/aromatic N) is 3. The van der Waals surface area contributed by atoms with Crippen molar-refractivity contribution in [2.24, 2.45) is 5.92 Å². The first kappa shape index (κ1) is 19.6. The molecular weight excluding hydrogens is 362 g/mol. The molecule has 2 aromatic rings. The van der Waals surface area contributed by atoms with E-state index in [1.165, 1.54) is 0 Å². The second-order valence-corrected chi connectivity index (χ2v) is 8.14. The van der Waals surface area contributed by atoms with Crippen LogP contribution in [0.1, 0.15) is 55.5 Å². The van der Waals surface area contributed by atoms with Gasteiger partial charge in [-0.25, -0.2) is 0 Å². The molecule has 1 saturated carbocycles. The number of piperidine rings is 1. The lowest BCUT2D eigenvalue weighted by atomic mass is 9.81. The lowest BCUT2D eigenvalue weighted by Crippen LogP contribution is -2.49. The Morgan fingerprint density at radius 1 is 1.14 bits per heavy atom. The molecule has 0 radical (unpaired) electrons. The number of aryl methyl sites for hydroxylation is 1. The maximum atomic E-state index is 13.8. The van der Waals surface area contributed by atoms with Gasteiger partial charge < -0.3 is 9.80 Å². The van der Waals surface area contributed by atoms with Crippen LogP contribution >= 0.6 is 0 Å². The van der Waals surface area contributed by atoms with Crippen LogP contribution in [0.3, 0.4) is 0 Å². The number of rotatable bonds is 6. The molecule has 5 nitrogen and oxygen atoms in total. The van der Waals surface area contributed by atoms with Crippen LogP contribution in [0, 0.1) is 12.8 Å². The number of hydrogen-bond acceptors (Lipinski definition) is 3. The zero-order chi connectivity index (χ0) is 20.4. The average Bonchev–Trinajstić information content (AvgIpc) is 3.58. The molecule has 2 amide bonds. The smallest absolute Gasteiger partial charge is 0.228 e. The van der Waals surface area contributed by atoms with Gasteiger partial charge >= 0.3 is 0 Å². The van der Waals surface area contributed by atoms with E-state index in [2.05, 4.69) is 24.0 Å². The highest BCUT2D eigenvalue weighted by molar-refractivity contribution is 5.85. The van der Waals surface area contributed by atoms with Crippen LogP contribution in [0.5, 0.6) is 0 Å². The Balaban J connectivity index is 1.67. The largest absolute Gasteiger partial charge is 0.335 e. The van der Waals surface area contributed by atoms with Crippen molar-refractivity contribution in [1.29, 1.82) is 0 Å². The maximum absolute atomic E-state index is 13.8. The Kier molecular flexibility index (Phi) is 5.65. The van der Waals surface area contributed by atoms with Crippen LogP contribution in [0.15, 0.2) is 48.7 Å². The Morgan fingerprint density at radius 3 is 2.55 bits per heavy atom. The number of carbonyl (C=O) groups excluding carboxylic acids is 2. The second kappa shape index (κ2) is 8.36. The highest BCUT2D eigenvalue weighted by atomic mass is 16.2. The minimum absolute atomic E-state index is 0.146. The minimum Gasteiger partial charge on any atom is -0.335 e. The summed E-state index contributed by atoms with van der Waals surface area (Å²) < 4.78 is 0. The Morgan fingerprint density at radius 2 is 1.90 bits per heavy atom. The van der Waals surface area contributed by atoms with E-state index in [-0.39, 0.29) is 23.8 Å². The standard InChI is InChI=1S/C24H29N3O2/c1-3-26-22(28)14-13-21(23(26)20-10-5-4-8-17(20)2)24(29)27(19-11-12-19)16-18-9-6-7-15-25-18/h4-10,15,19,21,23H,3,11-14,16H2,1-2H3/t21-,23+/m1/s1. The van der Waals surface area contributed by atoms with E-state index >= 15 is 0 Å². The molecule has 2 atom stereocenters. The number of pyridine rings is 1. The van der Waals surface area contributed by atoms with Gasteiger partial charge in [0.1, 0.15) is 0 Å². The molecule has 5 heteroatoms. The van der Waals surface area contributed by atoms with Gasteiger partial charge in [-0.3, -0.25) is 14.6 Å². The predicted octanol–water partition coefficient (Wildman–Crippen LogP) is 3.88. The van der Waals surface area contributed by atoms with Crippen molar-refractivity contribution < 1.29 is 9.59 Å². The van der Waals surface area contributed by atoms with Crippen LogP contribution in [0.25, 0.3) is 0 Å². The fraction of sp³-hybridized carbons (Fsp3) is 0.458. The topological polar surface area (TPSA) is 53.5 Å². The van der Waals surface area contributed by atoms with Gasteiger partial charge in [0, 0.05) is 25.2 Å². The predicted molar refractivity (Wildman–Crippen MR) is 112 cm³/mol. The van der Waals surface area contributed by atoms with E-state index in [9.17, 15) is 9.59 Å². The summed E-state index contributed by atoms with van der Waals surface area (Å²) in [6.07, 6.45) is 4.93. The Bertz CT molecular complexity index is 879. The van der Waals surface area contributed by atoms with Crippen molar-refractivity contribution in [3.05, 3.63) is 65.5 Å². The quantitative estimate of drug-likeness (QED) is 0.751. The Hall–Kier alpha value is -2.69. The van der Waals surface area contributed by atoms with Crippen molar-refractivity contribution in [1.82, 2.24) is 14.8 Å². The number of aromatic nitrogens is 1. The maximum Gasteiger partial charge on any atom is 0.228 e. The van der Waals surface area contributed by atoms with Crippen LogP contribution < -0.4 is 0 Å². The molecule has 0 spiro atoms. The second-order valence-electron chi connectivity index (χ2n) is 8.14. The third kappa shape index (κ3) is 4.04. The lowest BCUT2D eigenvalue weighted by molar-refractivity contribution is -0.148. The summed E-state index contributed by atoms with van der Waals surface area (Å²) in [6, 6.07) is 14.1. The first-order valence-electron chi connectivity index (χ1n) is 10.7. The van der Waals surface area contributed by atoms with Crippen LogP contribution in [-0.4, -0.2) is 39.2 Å². The fourth-order valence-electron chi connectivity index (χ4n) is 4.54. The van der Waals surface area contributed by atoms with Crippen molar-refractivity contribution in [2.45, 2.75) is 58.2 Å². The van der Waals surface area contributed by atoms with Gasteiger partial charge in [0.05, 0.1) is 24.2 Å². The summed E-state index contributed by atoms with van der Waals surface area (Å²) in [5.41, 5.74) is 3.14. The molecule has 1 aromatic heterocycles. The summed E-state index contributed by atoms with van der Waals surface area (Å²) in [6.45, 7) is 5.23. The fourth-order valence-corrected chi connectivity index (χ4v) is 4.54. The minimum atomic E-state index is -0.210. The highest BCUT2D eigenvalue weighted by Gasteiger charge is 2.44. The van der Waals surface area contributed by atoms with E-state index < -0.39 is 0 Å². The van der Waals surface area contributed by atoms with E-state index in [1.54, 1.807) is 6.20 Å². The number of amides is 2. The van der Waals surface area contributed by atoms with Gasteiger partial charge in [0.15, 0.2) is 0 Å². The molecule has 1 aromatic carbocycles. The molecular formula is C24H29N3O2. The number of benzene rings is 1. The van der Waals surface area contributed by atoms with Gasteiger partial charge in [-0.05, 0) is 56.4 Å². The molecule has 4 rings (SSSR count). The zero-order valence-corrected chi connectivity index (χ0v) is 17.3. The van der Waals surface area contributed by atoms with Gasteiger partial charge in [-0.2, -0.15) is 0 Å². The summed E-state index contributed by atoms with van der Waals surface area (Å²) in [4.78, 5) is 34.8. The van der Waals surface area contributed by atoms with Crippen molar-refractivity contribution >= 4 is 11.8 Å². The normalized spacial score (nSPS) is 21.9. The third-order valence-electron chi connectivity index (χ3n) is 6.20. The first-order valence-corrected chi connectivity index (χ1v) is 10.7. The Labute approximate surface area is 172 Å². The summed E-state index contributed by atoms with van der Waals surface area (Å²) >= 11 is 0. The van der Waals surface area contributed by atoms with Crippen LogP contribution in [0.4, 0.5) is 0 Å². The van der Waals surface area contributed by atoms with Crippen LogP contribution in [0.2, 0.25) is 0 Å². The molecule has 0 N–H and O–H groups in total. The molecule has 2 fully saturated rings. The number of hydrogen-bond donors (Lipinski definition) is 0. The van der Waals surface area contributed by atoms with E-state index in [0.29, 0.717) is 32.0 Å². The summed E-state index contributed by atoms with van der Waals surface area (Å²) in [5, 5.41) is 0. The van der Waals surface area contributed by atoms with Crippen LogP contribution in [-0.2, 0) is 16.1 Å². The molecule has 1 saturated heterocycles. The third-order valence-corrected chi connectivity index (χ3v) is 6.20. The van der Waals surface area contributed by atoms with Gasteiger partial charge in [-0.15, -0.1) is 0 Å². The zero-order valence-electron chi connectivity index (χ0n) is 17.3. The summed E-state index contributed by atoms with van der Waals surface area (Å²) in [7, 11) is 0. The number of likely N-dealkylation sites (tertiary alicyclic amines) is 1. The highest BCUT2D eigenvalue weighted by Crippen LogP contribution is 2.41. The number of carbonyl (C=O) groups is 2. The molecule has 29 heavy (non-hydrogen) atoms. The molecule has 1 aliphatic carbocycles. The van der Waals surface area contributed by atoms with E-state index in [4.69, 9.17) is 0 Å². The monoisotopic (exact) mass is 391 g/mol. The molecule has 0 unspecified atom stereocenters. The molecule has 2 aliphatic rings. The van der Waals surface area contributed by atoms with Gasteiger partial charge in [-0.1, -0.05) is 30.3 Å². The molecule has 1 aliphatic heterocycles. The van der Waals surface area contributed by atoms with E-state index in [1.807, 2.05) is 47.1 Å². The average molecular weight is 392 g/mol. The SMILES string of the molecule is CCN1C(=O)CC[C@@H](C(=O)N(Cc2ccccn2)C2CC2)[C@@H]1c1ccccc1C. The van der Waals surface area contributed by atoms with E-state index in [0.717, 1.165) is 29.7 Å². The first-order chi connectivity index (χ1) is 14.1. The van der Waals surface area contributed by atoms with Crippen molar-refractivity contribution in [2.75, 3.05) is 6.54 Å². The molecule has 0 bridgehead atoms. The van der Waals surface area contributed by atoms with Gasteiger partial charge in [0.2, 0.25) is 11.8 Å². The van der Waals surface area contributed by atoms with Crippen molar-refractivity contribution in [3.8, 4) is 0 Å². The molecule has 152 valence electrons. The lowest BCUT2D eigenvalue weighted by Gasteiger charge is -2.42. The van der Waals surface area contributed by atoms with Gasteiger partial charge in [0.25, 0.3) is 0 Å². The molecule has 2 heterocycles. The van der Waals surface area contributed by atoms with Crippen molar-refractivity contribution in [3.63, 3.8) is 0 Å². The summed E-state index contributed by atoms with van der Waals surface area (Å²) in [5.74, 6) is 0.0999.